The van der Waals surface area contributed by atoms with Gasteiger partial charge in [-0.05, 0) is 15.9 Å². The van der Waals surface area contributed by atoms with Gasteiger partial charge in [0, 0.05) is 13.2 Å². The summed E-state index contributed by atoms with van der Waals surface area (Å²) in [7, 11) is 1.88. The molecule has 0 aliphatic rings. The highest BCUT2D eigenvalue weighted by atomic mass is 79.9. The summed E-state index contributed by atoms with van der Waals surface area (Å²) in [6, 6.07) is 0. The lowest BCUT2D eigenvalue weighted by molar-refractivity contribution is 0.907. The summed E-state index contributed by atoms with van der Waals surface area (Å²) in [6.07, 6.45) is 5.01. The molecule has 0 bridgehead atoms. The lowest BCUT2D eigenvalue weighted by Crippen LogP contribution is -1.95. The van der Waals surface area contributed by atoms with Crippen LogP contribution in [0, 0.1) is 0 Å². The Kier molecular flexibility index (Phi) is 2.52. The van der Waals surface area contributed by atoms with Crippen molar-refractivity contribution in [3.05, 3.63) is 28.3 Å². The first-order valence-electron chi connectivity index (χ1n) is 3.83. The molecule has 0 unspecified atom stereocenters. The Morgan fingerprint density at radius 3 is 2.79 bits per heavy atom. The summed E-state index contributed by atoms with van der Waals surface area (Å²) >= 11 is 9.09. The van der Waals surface area contributed by atoms with E-state index in [0.29, 0.717) is 15.5 Å². The lowest BCUT2D eigenvalue weighted by atomic mass is 10.4. The summed E-state index contributed by atoms with van der Waals surface area (Å²) < 4.78 is 2.52. The van der Waals surface area contributed by atoms with Crippen molar-refractivity contribution in [3.8, 4) is 11.5 Å². The van der Waals surface area contributed by atoms with Crippen LogP contribution in [0.5, 0.6) is 0 Å². The quantitative estimate of drug-likeness (QED) is 0.749. The van der Waals surface area contributed by atoms with E-state index in [0.717, 1.165) is 5.69 Å². The molecule has 0 radical (unpaired) electrons. The van der Waals surface area contributed by atoms with E-state index in [4.69, 9.17) is 11.6 Å². The molecule has 0 fully saturated rings. The molecule has 2 heterocycles. The summed E-state index contributed by atoms with van der Waals surface area (Å²) in [5, 5.41) is 0.399. The largest absolute Gasteiger partial charge is 0.331 e. The SMILES string of the molecule is Cn1cncc1-c1ncc(Br)c(Cl)n1. The van der Waals surface area contributed by atoms with E-state index in [9.17, 15) is 0 Å². The average molecular weight is 274 g/mol. The van der Waals surface area contributed by atoms with Crippen LogP contribution in [0.4, 0.5) is 0 Å². The van der Waals surface area contributed by atoms with Gasteiger partial charge in [0.15, 0.2) is 5.82 Å². The van der Waals surface area contributed by atoms with Gasteiger partial charge < -0.3 is 4.57 Å². The van der Waals surface area contributed by atoms with Crippen molar-refractivity contribution < 1.29 is 0 Å². The van der Waals surface area contributed by atoms with E-state index in [1.807, 2.05) is 11.6 Å². The normalized spacial score (nSPS) is 10.5. The van der Waals surface area contributed by atoms with Gasteiger partial charge in [0.2, 0.25) is 0 Å². The minimum atomic E-state index is 0.399. The van der Waals surface area contributed by atoms with Crippen molar-refractivity contribution in [2.75, 3.05) is 0 Å². The Bertz CT molecular complexity index is 468. The standard InChI is InChI=1S/C8H6BrClN4/c1-14-4-11-3-6(14)8-12-2-5(9)7(10)13-8/h2-4H,1H3. The Labute approximate surface area is 94.1 Å². The molecule has 0 saturated carbocycles. The maximum Gasteiger partial charge on any atom is 0.179 e. The van der Waals surface area contributed by atoms with Crippen molar-refractivity contribution in [3.63, 3.8) is 0 Å². The molecule has 2 rings (SSSR count). The van der Waals surface area contributed by atoms with Crippen molar-refractivity contribution in [1.29, 1.82) is 0 Å². The Morgan fingerprint density at radius 1 is 1.43 bits per heavy atom. The molecule has 4 nitrogen and oxygen atoms in total. The van der Waals surface area contributed by atoms with Gasteiger partial charge >= 0.3 is 0 Å². The van der Waals surface area contributed by atoms with Gasteiger partial charge in [0.05, 0.1) is 17.0 Å². The molecule has 2 aromatic rings. The van der Waals surface area contributed by atoms with Crippen LogP contribution in [0.1, 0.15) is 0 Å². The molecule has 0 atom stereocenters. The first-order chi connectivity index (χ1) is 6.68. The molecule has 0 aromatic carbocycles. The van der Waals surface area contributed by atoms with Gasteiger partial charge in [0.1, 0.15) is 10.8 Å². The van der Waals surface area contributed by atoms with Crippen LogP contribution >= 0.6 is 27.5 Å². The van der Waals surface area contributed by atoms with Gasteiger partial charge in [-0.15, -0.1) is 0 Å². The number of nitrogens with zero attached hydrogens (tertiary/aromatic N) is 4. The molecule has 0 N–H and O–H groups in total. The maximum atomic E-state index is 5.86. The maximum absolute atomic E-state index is 5.86. The van der Waals surface area contributed by atoms with E-state index in [1.165, 1.54) is 0 Å². The molecular weight excluding hydrogens is 267 g/mol. The van der Waals surface area contributed by atoms with Crippen LogP contribution in [0.15, 0.2) is 23.2 Å². The third kappa shape index (κ3) is 1.65. The summed E-state index contributed by atoms with van der Waals surface area (Å²) in [5.74, 6) is 0.568. The van der Waals surface area contributed by atoms with Crippen molar-refractivity contribution in [1.82, 2.24) is 19.5 Å². The Morgan fingerprint density at radius 2 is 2.21 bits per heavy atom. The zero-order valence-electron chi connectivity index (χ0n) is 7.28. The fourth-order valence-electron chi connectivity index (χ4n) is 1.04. The van der Waals surface area contributed by atoms with Gasteiger partial charge in [-0.1, -0.05) is 11.6 Å². The highest BCUT2D eigenvalue weighted by Crippen LogP contribution is 2.22. The number of halogens is 2. The predicted octanol–water partition coefficient (Wildman–Crippen LogP) is 2.29. The fraction of sp³-hybridized carbons (Fsp3) is 0.125. The average Bonchev–Trinajstić information content (AvgIpc) is 2.57. The third-order valence-corrected chi connectivity index (χ3v) is 2.84. The molecule has 0 saturated heterocycles. The van der Waals surface area contributed by atoms with E-state index >= 15 is 0 Å². The number of aromatic nitrogens is 4. The molecule has 6 heteroatoms. The van der Waals surface area contributed by atoms with E-state index < -0.39 is 0 Å². The molecule has 2 aromatic heterocycles. The molecular formula is C8H6BrClN4. The summed E-state index contributed by atoms with van der Waals surface area (Å²) in [6.45, 7) is 0. The van der Waals surface area contributed by atoms with Crippen LogP contribution in [0.2, 0.25) is 5.15 Å². The minimum Gasteiger partial charge on any atom is -0.331 e. The Balaban J connectivity index is 2.53. The van der Waals surface area contributed by atoms with Crippen LogP contribution in [-0.2, 0) is 7.05 Å². The van der Waals surface area contributed by atoms with Gasteiger partial charge in [-0.3, -0.25) is 0 Å². The molecule has 0 aliphatic heterocycles. The first kappa shape index (κ1) is 9.61. The second kappa shape index (κ2) is 3.67. The van der Waals surface area contributed by atoms with Crippen molar-refractivity contribution in [2.24, 2.45) is 7.05 Å². The predicted molar refractivity (Wildman–Crippen MR) is 56.9 cm³/mol. The summed E-state index contributed by atoms with van der Waals surface area (Å²) in [5.41, 5.74) is 0.833. The van der Waals surface area contributed by atoms with Crippen LogP contribution in [-0.4, -0.2) is 19.5 Å². The van der Waals surface area contributed by atoms with Crippen molar-refractivity contribution in [2.45, 2.75) is 0 Å². The topological polar surface area (TPSA) is 43.6 Å². The second-order valence-electron chi connectivity index (χ2n) is 2.72. The molecule has 0 spiro atoms. The van der Waals surface area contributed by atoms with Crippen LogP contribution in [0.25, 0.3) is 11.5 Å². The van der Waals surface area contributed by atoms with Gasteiger partial charge in [0.25, 0.3) is 0 Å². The van der Waals surface area contributed by atoms with Gasteiger partial charge in [-0.25, -0.2) is 15.0 Å². The number of hydrogen-bond donors (Lipinski definition) is 0. The summed E-state index contributed by atoms with van der Waals surface area (Å²) in [4.78, 5) is 12.2. The van der Waals surface area contributed by atoms with E-state index in [2.05, 4.69) is 30.9 Å². The van der Waals surface area contributed by atoms with Crippen molar-refractivity contribution >= 4 is 27.5 Å². The van der Waals surface area contributed by atoms with E-state index in [-0.39, 0.29) is 0 Å². The zero-order valence-corrected chi connectivity index (χ0v) is 9.62. The zero-order chi connectivity index (χ0) is 10.1. The van der Waals surface area contributed by atoms with Crippen LogP contribution in [0.3, 0.4) is 0 Å². The fourth-order valence-corrected chi connectivity index (χ4v) is 1.36. The first-order valence-corrected chi connectivity index (χ1v) is 5.00. The van der Waals surface area contributed by atoms with Crippen LogP contribution < -0.4 is 0 Å². The highest BCUT2D eigenvalue weighted by Gasteiger charge is 2.07. The van der Waals surface area contributed by atoms with Gasteiger partial charge in [-0.2, -0.15) is 0 Å². The Hall–Kier alpha value is -0.940. The number of hydrogen-bond acceptors (Lipinski definition) is 3. The highest BCUT2D eigenvalue weighted by molar-refractivity contribution is 9.10. The van der Waals surface area contributed by atoms with E-state index in [1.54, 1.807) is 18.7 Å². The number of imidazole rings is 1. The molecule has 72 valence electrons. The molecule has 14 heavy (non-hydrogen) atoms. The lowest BCUT2D eigenvalue weighted by Gasteiger charge is -2.01. The number of rotatable bonds is 1. The monoisotopic (exact) mass is 272 g/mol. The molecule has 0 amide bonds. The minimum absolute atomic E-state index is 0.399. The third-order valence-electron chi connectivity index (χ3n) is 1.75. The second-order valence-corrected chi connectivity index (χ2v) is 3.93. The smallest absolute Gasteiger partial charge is 0.179 e. The molecule has 0 aliphatic carbocycles. The number of aryl methyl sites for hydroxylation is 1.